The van der Waals surface area contributed by atoms with Crippen molar-refractivity contribution in [1.82, 2.24) is 25.6 Å². The lowest BCUT2D eigenvalue weighted by atomic mass is 10.4. The molecule has 19 heavy (non-hydrogen) atoms. The van der Waals surface area contributed by atoms with E-state index in [2.05, 4.69) is 20.9 Å². The van der Waals surface area contributed by atoms with Gasteiger partial charge in [-0.1, -0.05) is 12.1 Å². The molecule has 0 aliphatic heterocycles. The lowest BCUT2D eigenvalue weighted by Crippen LogP contribution is -2.38. The van der Waals surface area contributed by atoms with Crippen LogP contribution in [-0.4, -0.2) is 51.0 Å². The second-order valence-corrected chi connectivity index (χ2v) is 3.73. The maximum Gasteiger partial charge on any atom is 0.358 e. The third-order valence-corrected chi connectivity index (χ3v) is 2.08. The van der Waals surface area contributed by atoms with Gasteiger partial charge in [0.1, 0.15) is 6.54 Å². The second kappa shape index (κ2) is 7.09. The van der Waals surface area contributed by atoms with Crippen LogP contribution in [0.1, 0.15) is 23.8 Å². The molecular formula is C10H15N5O4. The van der Waals surface area contributed by atoms with E-state index < -0.39 is 11.9 Å². The maximum atomic E-state index is 11.4. The molecule has 1 aromatic rings. The molecule has 0 saturated carbocycles. The van der Waals surface area contributed by atoms with Crippen molar-refractivity contribution in [2.75, 3.05) is 13.1 Å². The van der Waals surface area contributed by atoms with E-state index in [4.69, 9.17) is 5.11 Å². The van der Waals surface area contributed by atoms with Crippen LogP contribution in [0.15, 0.2) is 6.20 Å². The zero-order valence-electron chi connectivity index (χ0n) is 10.4. The zero-order chi connectivity index (χ0) is 14.3. The largest absolute Gasteiger partial charge is 0.476 e. The third-order valence-electron chi connectivity index (χ3n) is 2.08. The average molecular weight is 269 g/mol. The Kier molecular flexibility index (Phi) is 5.45. The number of hydrogen-bond acceptors (Lipinski definition) is 5. The maximum absolute atomic E-state index is 11.4. The molecule has 1 aromatic heterocycles. The minimum absolute atomic E-state index is 0.126. The Bertz CT molecular complexity index is 470. The van der Waals surface area contributed by atoms with Gasteiger partial charge in [-0.25, -0.2) is 9.48 Å². The molecule has 0 aliphatic carbocycles. The first-order chi connectivity index (χ1) is 9.02. The molecule has 0 spiro atoms. The lowest BCUT2D eigenvalue weighted by molar-refractivity contribution is -0.126. The Hall–Kier alpha value is -2.45. The van der Waals surface area contributed by atoms with E-state index in [1.165, 1.54) is 0 Å². The van der Waals surface area contributed by atoms with Crippen LogP contribution in [0.4, 0.5) is 0 Å². The highest BCUT2D eigenvalue weighted by Gasteiger charge is 2.11. The van der Waals surface area contributed by atoms with Gasteiger partial charge >= 0.3 is 5.97 Å². The van der Waals surface area contributed by atoms with Gasteiger partial charge in [-0.05, 0) is 6.42 Å². The Morgan fingerprint density at radius 3 is 2.63 bits per heavy atom. The Balaban J connectivity index is 2.34. The van der Waals surface area contributed by atoms with Crippen LogP contribution >= 0.6 is 0 Å². The predicted octanol–water partition coefficient (Wildman–Crippen LogP) is -1.38. The number of nitrogens with zero attached hydrogens (tertiary/aromatic N) is 3. The Morgan fingerprint density at radius 1 is 1.32 bits per heavy atom. The van der Waals surface area contributed by atoms with Gasteiger partial charge < -0.3 is 15.7 Å². The van der Waals surface area contributed by atoms with Crippen LogP contribution in [0, 0.1) is 0 Å². The summed E-state index contributed by atoms with van der Waals surface area (Å²) in [5.74, 6) is -1.95. The number of carboxylic acid groups (broad SMARTS) is 1. The van der Waals surface area contributed by atoms with Gasteiger partial charge in [0, 0.05) is 6.54 Å². The quantitative estimate of drug-likeness (QED) is 0.560. The summed E-state index contributed by atoms with van der Waals surface area (Å²) in [6.07, 6.45) is 1.95. The van der Waals surface area contributed by atoms with E-state index in [-0.39, 0.29) is 24.7 Å². The van der Waals surface area contributed by atoms with Gasteiger partial charge in [0.05, 0.1) is 12.7 Å². The van der Waals surface area contributed by atoms with Crippen molar-refractivity contribution in [2.45, 2.75) is 19.9 Å². The van der Waals surface area contributed by atoms with Crippen LogP contribution in [0.5, 0.6) is 0 Å². The van der Waals surface area contributed by atoms with Gasteiger partial charge in [-0.3, -0.25) is 9.59 Å². The number of nitrogens with one attached hydrogen (secondary N) is 2. The highest BCUT2D eigenvalue weighted by molar-refractivity contribution is 5.85. The highest BCUT2D eigenvalue weighted by Crippen LogP contribution is 1.92. The molecule has 0 bridgehead atoms. The van der Waals surface area contributed by atoms with Crippen molar-refractivity contribution in [1.29, 1.82) is 0 Å². The number of carbonyl (C=O) groups is 3. The molecule has 9 heteroatoms. The van der Waals surface area contributed by atoms with Crippen LogP contribution in [0.25, 0.3) is 0 Å². The van der Waals surface area contributed by atoms with E-state index in [1.54, 1.807) is 0 Å². The van der Waals surface area contributed by atoms with Crippen molar-refractivity contribution in [3.8, 4) is 0 Å². The Labute approximate surface area is 109 Å². The van der Waals surface area contributed by atoms with E-state index >= 15 is 0 Å². The standard InChI is InChI=1S/C10H15N5O4/c1-2-3-11-8(16)4-12-9(17)6-15-5-7(10(18)19)13-14-15/h5H,2-4,6H2,1H3,(H,11,16)(H,12,17)(H,18,19). The molecule has 0 atom stereocenters. The molecule has 1 rings (SSSR count). The lowest BCUT2D eigenvalue weighted by Gasteiger charge is -2.05. The van der Waals surface area contributed by atoms with E-state index in [9.17, 15) is 14.4 Å². The van der Waals surface area contributed by atoms with Gasteiger partial charge in [-0.15, -0.1) is 5.10 Å². The van der Waals surface area contributed by atoms with E-state index in [1.807, 2.05) is 6.92 Å². The average Bonchev–Trinajstić information content (AvgIpc) is 2.82. The SMILES string of the molecule is CCCNC(=O)CNC(=O)Cn1cc(C(=O)O)nn1. The molecule has 2 amide bonds. The van der Waals surface area contributed by atoms with Gasteiger partial charge in [0.2, 0.25) is 11.8 Å². The molecule has 0 fully saturated rings. The molecule has 9 nitrogen and oxygen atoms in total. The fourth-order valence-corrected chi connectivity index (χ4v) is 1.18. The topological polar surface area (TPSA) is 126 Å². The zero-order valence-corrected chi connectivity index (χ0v) is 10.4. The van der Waals surface area contributed by atoms with Gasteiger partial charge in [0.25, 0.3) is 0 Å². The summed E-state index contributed by atoms with van der Waals surface area (Å²) >= 11 is 0. The molecule has 0 unspecified atom stereocenters. The summed E-state index contributed by atoms with van der Waals surface area (Å²) in [7, 11) is 0. The first-order valence-corrected chi connectivity index (χ1v) is 5.69. The van der Waals surface area contributed by atoms with E-state index in [0.717, 1.165) is 17.3 Å². The molecule has 1 heterocycles. The normalized spacial score (nSPS) is 9.95. The summed E-state index contributed by atoms with van der Waals surface area (Å²) in [5, 5.41) is 20.5. The van der Waals surface area contributed by atoms with Gasteiger partial charge in [0.15, 0.2) is 5.69 Å². The number of aromatic nitrogens is 3. The van der Waals surface area contributed by atoms with Crippen molar-refractivity contribution >= 4 is 17.8 Å². The number of carbonyl (C=O) groups excluding carboxylic acids is 2. The molecule has 0 aromatic carbocycles. The van der Waals surface area contributed by atoms with Crippen LogP contribution < -0.4 is 10.6 Å². The summed E-state index contributed by atoms with van der Waals surface area (Å²) in [5.41, 5.74) is -0.242. The number of rotatable bonds is 7. The first-order valence-electron chi connectivity index (χ1n) is 5.69. The van der Waals surface area contributed by atoms with Gasteiger partial charge in [-0.2, -0.15) is 0 Å². The molecule has 3 N–H and O–H groups in total. The fraction of sp³-hybridized carbons (Fsp3) is 0.500. The van der Waals surface area contributed by atoms with Crippen molar-refractivity contribution in [3.05, 3.63) is 11.9 Å². The summed E-state index contributed by atoms with van der Waals surface area (Å²) in [6.45, 7) is 2.16. The van der Waals surface area contributed by atoms with Crippen molar-refractivity contribution < 1.29 is 19.5 Å². The third kappa shape index (κ3) is 5.15. The highest BCUT2D eigenvalue weighted by atomic mass is 16.4. The molecule has 0 aliphatic rings. The monoisotopic (exact) mass is 269 g/mol. The molecule has 0 radical (unpaired) electrons. The number of aromatic carboxylic acids is 1. The molecular weight excluding hydrogens is 254 g/mol. The number of carboxylic acids is 1. The molecule has 0 saturated heterocycles. The second-order valence-electron chi connectivity index (χ2n) is 3.73. The van der Waals surface area contributed by atoms with Crippen LogP contribution in [0.2, 0.25) is 0 Å². The minimum atomic E-state index is -1.22. The summed E-state index contributed by atoms with van der Waals surface area (Å²) in [6, 6.07) is 0. The molecule has 104 valence electrons. The first kappa shape index (κ1) is 14.6. The smallest absolute Gasteiger partial charge is 0.358 e. The van der Waals surface area contributed by atoms with Crippen molar-refractivity contribution in [3.63, 3.8) is 0 Å². The fourth-order valence-electron chi connectivity index (χ4n) is 1.18. The summed E-state index contributed by atoms with van der Waals surface area (Å²) in [4.78, 5) is 33.2. The Morgan fingerprint density at radius 2 is 2.05 bits per heavy atom. The summed E-state index contributed by atoms with van der Waals surface area (Å²) < 4.78 is 1.09. The number of amides is 2. The van der Waals surface area contributed by atoms with Crippen molar-refractivity contribution in [2.24, 2.45) is 0 Å². The minimum Gasteiger partial charge on any atom is -0.476 e. The van der Waals surface area contributed by atoms with Crippen LogP contribution in [0.3, 0.4) is 0 Å². The predicted molar refractivity (Wildman–Crippen MR) is 63.3 cm³/mol. The van der Waals surface area contributed by atoms with Crippen LogP contribution in [-0.2, 0) is 16.1 Å². The van der Waals surface area contributed by atoms with E-state index in [0.29, 0.717) is 6.54 Å². The number of hydrogen-bond donors (Lipinski definition) is 3.